The molecule has 0 spiro atoms. The number of hydrogen-bond acceptors (Lipinski definition) is 3. The van der Waals surface area contributed by atoms with Gasteiger partial charge in [-0.05, 0) is 42.7 Å². The number of rotatable bonds is 4. The molecule has 0 aromatic heterocycles. The van der Waals surface area contributed by atoms with E-state index in [4.69, 9.17) is 10.5 Å². The Hall–Kier alpha value is -1.94. The van der Waals surface area contributed by atoms with Crippen LogP contribution in [-0.2, 0) is 6.42 Å². The first-order chi connectivity index (χ1) is 10.2. The van der Waals surface area contributed by atoms with Crippen LogP contribution in [0.2, 0.25) is 0 Å². The van der Waals surface area contributed by atoms with Gasteiger partial charge in [-0.15, -0.1) is 12.4 Å². The third-order valence-corrected chi connectivity index (χ3v) is 3.81. The molecule has 0 amide bonds. The zero-order chi connectivity index (χ0) is 14.7. The molecule has 5 heteroatoms. The average molecular weight is 323 g/mol. The topological polar surface area (TPSA) is 38.5 Å². The van der Waals surface area contributed by atoms with Gasteiger partial charge in [0, 0.05) is 24.0 Å². The Balaban J connectivity index is 0.00000176. The van der Waals surface area contributed by atoms with Crippen molar-refractivity contribution >= 4 is 23.8 Å². The minimum absolute atomic E-state index is 0. The zero-order valence-corrected chi connectivity index (χ0v) is 13.1. The molecular weight excluding hydrogens is 303 g/mol. The molecule has 3 nitrogen and oxygen atoms in total. The van der Waals surface area contributed by atoms with Gasteiger partial charge in [-0.3, -0.25) is 0 Å². The summed E-state index contributed by atoms with van der Waals surface area (Å²) in [6.07, 6.45) is 2.13. The van der Waals surface area contributed by atoms with Crippen LogP contribution in [0, 0.1) is 5.82 Å². The monoisotopic (exact) mass is 322 g/mol. The second-order valence-electron chi connectivity index (χ2n) is 5.24. The molecule has 1 aliphatic heterocycles. The van der Waals surface area contributed by atoms with Crippen molar-refractivity contribution in [3.63, 3.8) is 0 Å². The van der Waals surface area contributed by atoms with E-state index < -0.39 is 0 Å². The summed E-state index contributed by atoms with van der Waals surface area (Å²) in [5.41, 5.74) is 9.33. The van der Waals surface area contributed by atoms with Gasteiger partial charge in [0.2, 0.25) is 0 Å². The zero-order valence-electron chi connectivity index (χ0n) is 12.3. The molecule has 0 bridgehead atoms. The lowest BCUT2D eigenvalue weighted by molar-refractivity contribution is 0.321. The van der Waals surface area contributed by atoms with Gasteiger partial charge < -0.3 is 15.4 Å². The van der Waals surface area contributed by atoms with Crippen molar-refractivity contribution in [3.05, 3.63) is 53.8 Å². The van der Waals surface area contributed by atoms with E-state index in [1.807, 2.05) is 12.1 Å². The van der Waals surface area contributed by atoms with E-state index in [0.29, 0.717) is 12.4 Å². The lowest BCUT2D eigenvalue weighted by Crippen LogP contribution is -2.33. The van der Waals surface area contributed by atoms with Gasteiger partial charge in [-0.25, -0.2) is 4.39 Å². The van der Waals surface area contributed by atoms with Gasteiger partial charge in [-0.2, -0.15) is 0 Å². The van der Waals surface area contributed by atoms with Crippen LogP contribution in [0.3, 0.4) is 0 Å². The fourth-order valence-corrected chi connectivity index (χ4v) is 2.79. The first-order valence-corrected chi connectivity index (χ1v) is 7.25. The Morgan fingerprint density at radius 3 is 2.82 bits per heavy atom. The number of ether oxygens (including phenoxy) is 1. The summed E-state index contributed by atoms with van der Waals surface area (Å²) in [5.74, 6) is 0.295. The van der Waals surface area contributed by atoms with Crippen LogP contribution >= 0.6 is 12.4 Å². The summed E-state index contributed by atoms with van der Waals surface area (Å²) in [5, 5.41) is 0. The number of nitrogen functional groups attached to an aromatic ring is 1. The summed E-state index contributed by atoms with van der Waals surface area (Å²) in [6.45, 7) is 2.30. The van der Waals surface area contributed by atoms with Gasteiger partial charge in [0.15, 0.2) is 0 Å². The minimum Gasteiger partial charge on any atom is -0.492 e. The number of benzene rings is 2. The van der Waals surface area contributed by atoms with Crippen LogP contribution < -0.4 is 15.4 Å². The summed E-state index contributed by atoms with van der Waals surface area (Å²) in [7, 11) is 0. The van der Waals surface area contributed by atoms with Crippen molar-refractivity contribution in [2.45, 2.75) is 12.8 Å². The van der Waals surface area contributed by atoms with Crippen LogP contribution in [0.4, 0.5) is 15.8 Å². The third-order valence-electron chi connectivity index (χ3n) is 3.81. The Bertz CT molecular complexity index is 636. The van der Waals surface area contributed by atoms with Crippen LogP contribution in [0.25, 0.3) is 0 Å². The van der Waals surface area contributed by atoms with Crippen molar-refractivity contribution in [3.8, 4) is 5.75 Å². The quantitative estimate of drug-likeness (QED) is 0.873. The number of nitrogens with two attached hydrogens (primary N) is 1. The predicted octanol–water partition coefficient (Wildman–Crippen LogP) is 3.66. The Kier molecular flexibility index (Phi) is 5.50. The third kappa shape index (κ3) is 3.63. The number of anilines is 2. The first kappa shape index (κ1) is 16.4. The van der Waals surface area contributed by atoms with Gasteiger partial charge in [-0.1, -0.05) is 12.1 Å². The van der Waals surface area contributed by atoms with Crippen LogP contribution in [-0.4, -0.2) is 19.7 Å². The van der Waals surface area contributed by atoms with Crippen LogP contribution in [0.5, 0.6) is 5.75 Å². The lowest BCUT2D eigenvalue weighted by atomic mass is 10.00. The highest BCUT2D eigenvalue weighted by Gasteiger charge is 2.18. The molecule has 2 aromatic carbocycles. The van der Waals surface area contributed by atoms with Crippen molar-refractivity contribution < 1.29 is 9.13 Å². The van der Waals surface area contributed by atoms with Crippen LogP contribution in [0.15, 0.2) is 42.5 Å². The highest BCUT2D eigenvalue weighted by Crippen LogP contribution is 2.30. The molecule has 0 fully saturated rings. The van der Waals surface area contributed by atoms with Gasteiger partial charge in [0.05, 0.1) is 6.54 Å². The van der Waals surface area contributed by atoms with E-state index in [1.165, 1.54) is 23.4 Å². The SMILES string of the molecule is Cl.Nc1cccc2c1CCCN2CCOc1cccc(F)c1. The largest absolute Gasteiger partial charge is 0.492 e. The molecule has 1 aliphatic rings. The second kappa shape index (κ2) is 7.36. The maximum absolute atomic E-state index is 13.1. The molecule has 0 saturated heterocycles. The summed E-state index contributed by atoms with van der Waals surface area (Å²) in [4.78, 5) is 2.29. The Morgan fingerprint density at radius 2 is 2.00 bits per heavy atom. The summed E-state index contributed by atoms with van der Waals surface area (Å²) in [6, 6.07) is 12.3. The molecule has 0 radical (unpaired) electrons. The van der Waals surface area contributed by atoms with E-state index >= 15 is 0 Å². The van der Waals surface area contributed by atoms with E-state index in [0.717, 1.165) is 31.6 Å². The van der Waals surface area contributed by atoms with Crippen LogP contribution in [0.1, 0.15) is 12.0 Å². The average Bonchev–Trinajstić information content (AvgIpc) is 2.48. The Morgan fingerprint density at radius 1 is 1.18 bits per heavy atom. The molecule has 2 aromatic rings. The van der Waals surface area contributed by atoms with E-state index in [1.54, 1.807) is 12.1 Å². The van der Waals surface area contributed by atoms with E-state index in [-0.39, 0.29) is 18.2 Å². The molecule has 3 rings (SSSR count). The normalized spacial score (nSPS) is 13.2. The van der Waals surface area contributed by atoms with E-state index in [2.05, 4.69) is 11.0 Å². The molecule has 118 valence electrons. The summed E-state index contributed by atoms with van der Waals surface area (Å²) < 4.78 is 18.7. The molecule has 0 saturated carbocycles. The minimum atomic E-state index is -0.274. The van der Waals surface area contributed by atoms with Crippen molar-refractivity contribution in [1.29, 1.82) is 0 Å². The number of nitrogens with zero attached hydrogens (tertiary/aromatic N) is 1. The fourth-order valence-electron chi connectivity index (χ4n) is 2.79. The second-order valence-corrected chi connectivity index (χ2v) is 5.24. The maximum Gasteiger partial charge on any atom is 0.126 e. The highest BCUT2D eigenvalue weighted by atomic mass is 35.5. The summed E-state index contributed by atoms with van der Waals surface area (Å²) >= 11 is 0. The molecular formula is C17H20ClFN2O. The molecule has 2 N–H and O–H groups in total. The van der Waals surface area contributed by atoms with Crippen molar-refractivity contribution in [2.75, 3.05) is 30.3 Å². The van der Waals surface area contributed by atoms with Gasteiger partial charge in [0.1, 0.15) is 18.2 Å². The standard InChI is InChI=1S/C17H19FN2O.ClH/c18-13-4-1-5-14(12-13)21-11-10-20-9-3-6-15-16(19)7-2-8-17(15)20;/h1-2,4-5,7-8,12H,3,6,9-11,19H2;1H. The molecule has 0 aliphatic carbocycles. The maximum atomic E-state index is 13.1. The van der Waals surface area contributed by atoms with Crippen molar-refractivity contribution in [2.24, 2.45) is 0 Å². The highest BCUT2D eigenvalue weighted by molar-refractivity contribution is 5.85. The van der Waals surface area contributed by atoms with Crippen molar-refractivity contribution in [1.82, 2.24) is 0 Å². The van der Waals surface area contributed by atoms with E-state index in [9.17, 15) is 4.39 Å². The number of hydrogen-bond donors (Lipinski definition) is 1. The first-order valence-electron chi connectivity index (χ1n) is 7.25. The lowest BCUT2D eigenvalue weighted by Gasteiger charge is -2.31. The number of halogens is 2. The molecule has 1 heterocycles. The molecule has 0 atom stereocenters. The molecule has 0 unspecified atom stereocenters. The molecule has 22 heavy (non-hydrogen) atoms. The van der Waals surface area contributed by atoms with Gasteiger partial charge in [0.25, 0.3) is 0 Å². The predicted molar refractivity (Wildman–Crippen MR) is 90.5 cm³/mol. The fraction of sp³-hybridized carbons (Fsp3) is 0.294. The van der Waals surface area contributed by atoms with Gasteiger partial charge >= 0.3 is 0 Å². The number of fused-ring (bicyclic) bond motifs is 1. The smallest absolute Gasteiger partial charge is 0.126 e. The Labute approximate surface area is 136 Å².